The van der Waals surface area contributed by atoms with Gasteiger partial charge in [0.15, 0.2) is 0 Å². The van der Waals surface area contributed by atoms with E-state index in [1.54, 1.807) is 37.3 Å². The lowest BCUT2D eigenvalue weighted by molar-refractivity contribution is -0.394. The summed E-state index contributed by atoms with van der Waals surface area (Å²) in [5.74, 6) is -0.719. The number of nitrogens with one attached hydrogen (secondary N) is 1. The molecule has 1 N–H and O–H groups in total. The number of carbonyl (C=O) groups is 2. The van der Waals surface area contributed by atoms with Gasteiger partial charge in [-0.05, 0) is 39.7 Å². The number of hydrogen-bond donors (Lipinski definition) is 1. The molecule has 0 heterocycles. The van der Waals surface area contributed by atoms with Crippen molar-refractivity contribution in [3.05, 3.63) is 79.9 Å². The molecule has 14 nitrogen and oxygen atoms in total. The number of non-ortho nitro benzene ring substituents is 2. The first-order valence-corrected chi connectivity index (χ1v) is 15.5. The lowest BCUT2D eigenvalue weighted by Gasteiger charge is -2.32. The lowest BCUT2D eigenvalue weighted by Crippen LogP contribution is -2.46. The monoisotopic (exact) mass is 606 g/mol. The van der Waals surface area contributed by atoms with Crippen molar-refractivity contribution in [2.75, 3.05) is 33.4 Å². The Balaban J connectivity index is 2.18. The van der Waals surface area contributed by atoms with Crippen LogP contribution >= 0.6 is 0 Å². The molecule has 0 aliphatic heterocycles. The maximum atomic E-state index is 13.3. The van der Waals surface area contributed by atoms with Gasteiger partial charge >= 0.3 is 14.9 Å². The fourth-order valence-electron chi connectivity index (χ4n) is 4.26. The van der Waals surface area contributed by atoms with Gasteiger partial charge in [0.2, 0.25) is 0 Å². The summed E-state index contributed by atoms with van der Waals surface area (Å²) < 4.78 is 23.3. The average molecular weight is 607 g/mol. The highest BCUT2D eigenvalue weighted by Crippen LogP contribution is 2.28. The number of amides is 2. The van der Waals surface area contributed by atoms with E-state index in [0.29, 0.717) is 37.8 Å². The molecule has 2 atom stereocenters. The standard InChI is InChI=1S/C27H38N4O10Si/c1-6-38-42(39-7-2,40-8-3)16-12-15-28-27(33)41-25(21-13-10-9-11-14-21)20(4)29(5)26(32)22-17-23(30(34)35)19-24(18-22)31(36)37/h9-11,13-14,17-20,25H,6-8,12,15-16H2,1-5H3,(H,28,33)/t20-,25-/m1/s1. The Bertz CT molecular complexity index is 1170. The second-order valence-electron chi connectivity index (χ2n) is 9.16. The Morgan fingerprint density at radius 2 is 1.45 bits per heavy atom. The maximum Gasteiger partial charge on any atom is 0.500 e. The van der Waals surface area contributed by atoms with Gasteiger partial charge in [-0.3, -0.25) is 25.0 Å². The molecular formula is C27H38N4O10Si. The zero-order valence-corrected chi connectivity index (χ0v) is 25.4. The minimum absolute atomic E-state index is 0.243. The van der Waals surface area contributed by atoms with Crippen LogP contribution in [0.15, 0.2) is 48.5 Å². The number of rotatable bonds is 17. The van der Waals surface area contributed by atoms with Crippen molar-refractivity contribution in [1.82, 2.24) is 10.2 Å². The fraction of sp³-hybridized carbons (Fsp3) is 0.481. The van der Waals surface area contributed by atoms with Crippen molar-refractivity contribution in [3.8, 4) is 0 Å². The molecule has 2 aromatic rings. The number of carbonyl (C=O) groups excluding carboxylic acids is 2. The molecule has 2 aromatic carbocycles. The molecule has 0 radical (unpaired) electrons. The average Bonchev–Trinajstić information content (AvgIpc) is 2.97. The van der Waals surface area contributed by atoms with E-state index in [2.05, 4.69) is 5.32 Å². The van der Waals surface area contributed by atoms with Gasteiger partial charge in [0.25, 0.3) is 17.3 Å². The summed E-state index contributed by atoms with van der Waals surface area (Å²) >= 11 is 0. The van der Waals surface area contributed by atoms with Gasteiger partial charge in [-0.15, -0.1) is 0 Å². The molecule has 0 bridgehead atoms. The second kappa shape index (κ2) is 16.5. The highest BCUT2D eigenvalue weighted by atomic mass is 28.4. The lowest BCUT2D eigenvalue weighted by atomic mass is 10.0. The summed E-state index contributed by atoms with van der Waals surface area (Å²) in [6, 6.07) is 11.2. The Morgan fingerprint density at radius 1 is 0.929 bits per heavy atom. The van der Waals surface area contributed by atoms with E-state index in [4.69, 9.17) is 18.0 Å². The van der Waals surface area contributed by atoms with Gasteiger partial charge in [-0.2, -0.15) is 0 Å². The quantitative estimate of drug-likeness (QED) is 0.113. The zero-order valence-electron chi connectivity index (χ0n) is 24.4. The highest BCUT2D eigenvalue weighted by molar-refractivity contribution is 6.60. The van der Waals surface area contributed by atoms with Crippen LogP contribution < -0.4 is 5.32 Å². The highest BCUT2D eigenvalue weighted by Gasteiger charge is 2.39. The third-order valence-electron chi connectivity index (χ3n) is 6.32. The molecule has 0 aliphatic rings. The SMILES string of the molecule is CCO[Si](CCCNC(=O)O[C@@H](c1ccccc1)[C@@H](C)N(C)C(=O)c1cc([N+](=O)[O-])cc([N+](=O)[O-])c1)(OCC)OCC. The van der Waals surface area contributed by atoms with Gasteiger partial charge in [0.1, 0.15) is 6.10 Å². The Hall–Kier alpha value is -3.92. The number of benzene rings is 2. The third kappa shape index (κ3) is 9.58. The number of ether oxygens (including phenoxy) is 1. The molecule has 0 saturated heterocycles. The molecule has 2 amide bonds. The molecule has 0 aromatic heterocycles. The van der Waals surface area contributed by atoms with E-state index in [1.165, 1.54) is 11.9 Å². The maximum absolute atomic E-state index is 13.3. The molecule has 0 fully saturated rings. The summed E-state index contributed by atoms with van der Waals surface area (Å²) in [5.41, 5.74) is -0.824. The smallest absolute Gasteiger partial charge is 0.439 e. The number of hydrogen-bond acceptors (Lipinski definition) is 10. The van der Waals surface area contributed by atoms with Gasteiger partial charge in [-0.1, -0.05) is 30.3 Å². The molecule has 2 rings (SSSR count). The van der Waals surface area contributed by atoms with Crippen LogP contribution in [0.2, 0.25) is 6.04 Å². The van der Waals surface area contributed by atoms with E-state index in [0.717, 1.165) is 18.2 Å². The van der Waals surface area contributed by atoms with Crippen LogP contribution in [-0.2, 0) is 18.0 Å². The number of likely N-dealkylation sites (N-methyl/N-ethyl adjacent to an activating group) is 1. The van der Waals surface area contributed by atoms with Crippen molar-refractivity contribution in [2.45, 2.75) is 52.3 Å². The summed E-state index contributed by atoms with van der Waals surface area (Å²) in [7, 11) is -1.45. The molecule has 230 valence electrons. The number of nitro groups is 2. The fourth-order valence-corrected chi connectivity index (χ4v) is 6.87. The van der Waals surface area contributed by atoms with Crippen LogP contribution in [0.25, 0.3) is 0 Å². The topological polar surface area (TPSA) is 173 Å². The molecule has 15 heteroatoms. The molecular weight excluding hydrogens is 568 g/mol. The van der Waals surface area contributed by atoms with Crippen LogP contribution in [-0.4, -0.2) is 75.0 Å². The number of nitrogens with zero attached hydrogens (tertiary/aromatic N) is 3. The third-order valence-corrected chi connectivity index (χ3v) is 9.48. The predicted octanol–water partition coefficient (Wildman–Crippen LogP) is 4.87. The first-order chi connectivity index (χ1) is 20.0. The van der Waals surface area contributed by atoms with Crippen molar-refractivity contribution in [3.63, 3.8) is 0 Å². The van der Waals surface area contributed by atoms with Gasteiger partial charge < -0.3 is 28.2 Å². The van der Waals surface area contributed by atoms with Crippen LogP contribution in [0.5, 0.6) is 0 Å². The second-order valence-corrected chi connectivity index (χ2v) is 11.9. The predicted molar refractivity (Wildman–Crippen MR) is 155 cm³/mol. The summed E-state index contributed by atoms with van der Waals surface area (Å²) in [6.07, 6.45) is -1.15. The summed E-state index contributed by atoms with van der Waals surface area (Å²) in [6.45, 7) is 8.80. The van der Waals surface area contributed by atoms with E-state index >= 15 is 0 Å². The number of alkyl carbamates (subject to hydrolysis) is 1. The molecule has 0 saturated carbocycles. The first-order valence-electron chi connectivity index (χ1n) is 13.6. The Labute approximate surface area is 245 Å². The molecule has 0 unspecified atom stereocenters. The van der Waals surface area contributed by atoms with Gasteiger partial charge in [0, 0.05) is 51.6 Å². The van der Waals surface area contributed by atoms with Crippen LogP contribution in [0.3, 0.4) is 0 Å². The van der Waals surface area contributed by atoms with Crippen molar-refractivity contribution >= 4 is 32.2 Å². The van der Waals surface area contributed by atoms with Crippen molar-refractivity contribution in [1.29, 1.82) is 0 Å². The normalized spacial score (nSPS) is 12.7. The van der Waals surface area contributed by atoms with Crippen LogP contribution in [0.1, 0.15) is 56.1 Å². The minimum atomic E-state index is -2.87. The first kappa shape index (κ1) is 34.3. The summed E-state index contributed by atoms with van der Waals surface area (Å²) in [4.78, 5) is 48.4. The van der Waals surface area contributed by atoms with Crippen molar-refractivity contribution in [2.24, 2.45) is 0 Å². The molecule has 42 heavy (non-hydrogen) atoms. The van der Waals surface area contributed by atoms with Crippen LogP contribution in [0.4, 0.5) is 16.2 Å². The Kier molecular flexibility index (Phi) is 13.5. The van der Waals surface area contributed by atoms with E-state index < -0.39 is 54.2 Å². The van der Waals surface area contributed by atoms with Crippen LogP contribution in [0, 0.1) is 20.2 Å². The van der Waals surface area contributed by atoms with Gasteiger partial charge in [0.05, 0.1) is 27.5 Å². The largest absolute Gasteiger partial charge is 0.500 e. The van der Waals surface area contributed by atoms with Crippen molar-refractivity contribution < 1.29 is 37.5 Å². The molecule has 0 aliphatic carbocycles. The van der Waals surface area contributed by atoms with E-state index in [-0.39, 0.29) is 12.1 Å². The minimum Gasteiger partial charge on any atom is -0.439 e. The van der Waals surface area contributed by atoms with E-state index in [1.807, 2.05) is 20.8 Å². The number of nitro benzene ring substituents is 2. The summed E-state index contributed by atoms with van der Waals surface area (Å²) in [5, 5.41) is 25.3. The van der Waals surface area contributed by atoms with E-state index in [9.17, 15) is 29.8 Å². The van der Waals surface area contributed by atoms with Gasteiger partial charge in [-0.25, -0.2) is 4.79 Å². The molecule has 0 spiro atoms. The Morgan fingerprint density at radius 3 is 1.93 bits per heavy atom. The zero-order chi connectivity index (χ0) is 31.3.